The lowest BCUT2D eigenvalue weighted by molar-refractivity contribution is -0.140. The van der Waals surface area contributed by atoms with E-state index < -0.39 is 6.10 Å². The second-order valence-electron chi connectivity index (χ2n) is 8.02. The van der Waals surface area contributed by atoms with Gasteiger partial charge in [-0.25, -0.2) is 0 Å². The molecule has 2 amide bonds. The van der Waals surface area contributed by atoms with E-state index in [2.05, 4.69) is 17.4 Å². The minimum atomic E-state index is -0.564. The Bertz CT molecular complexity index is 881. The van der Waals surface area contributed by atoms with Crippen LogP contribution in [0, 0.1) is 5.92 Å². The molecule has 1 saturated heterocycles. The van der Waals surface area contributed by atoms with Crippen LogP contribution in [0.15, 0.2) is 48.5 Å². The van der Waals surface area contributed by atoms with Crippen LogP contribution in [0.25, 0.3) is 0 Å². The van der Waals surface area contributed by atoms with Crippen LogP contribution in [0.5, 0.6) is 5.75 Å². The number of nitrogens with one attached hydrogen (secondary N) is 1. The van der Waals surface area contributed by atoms with Gasteiger partial charge in [0, 0.05) is 18.8 Å². The van der Waals surface area contributed by atoms with Crippen molar-refractivity contribution in [1.82, 2.24) is 4.90 Å². The van der Waals surface area contributed by atoms with E-state index in [1.165, 1.54) is 17.5 Å². The normalized spacial score (nSPS) is 19.3. The number of aryl methyl sites for hydroxylation is 2. The smallest absolute Gasteiger partial charge is 0.263 e. The summed E-state index contributed by atoms with van der Waals surface area (Å²) in [5.41, 5.74) is 3.51. The maximum absolute atomic E-state index is 12.9. The SMILES string of the molecule is C[C@@H](Oc1ccc2c(c1)CCC2)C(=O)N1CCC[C@@H](C(=O)Nc2ccccc2)C1. The highest BCUT2D eigenvalue weighted by Gasteiger charge is 2.31. The van der Waals surface area contributed by atoms with Crippen LogP contribution in [0.1, 0.15) is 37.3 Å². The van der Waals surface area contributed by atoms with Gasteiger partial charge in [0.25, 0.3) is 5.91 Å². The van der Waals surface area contributed by atoms with Gasteiger partial charge in [-0.2, -0.15) is 0 Å². The zero-order valence-corrected chi connectivity index (χ0v) is 16.9. The lowest BCUT2D eigenvalue weighted by Crippen LogP contribution is -2.48. The average Bonchev–Trinajstić information content (AvgIpc) is 3.22. The molecule has 4 rings (SSSR count). The van der Waals surface area contributed by atoms with Crippen molar-refractivity contribution < 1.29 is 14.3 Å². The van der Waals surface area contributed by atoms with Crippen molar-refractivity contribution in [1.29, 1.82) is 0 Å². The molecule has 1 aliphatic carbocycles. The van der Waals surface area contributed by atoms with E-state index in [4.69, 9.17) is 4.74 Å². The molecule has 0 saturated carbocycles. The van der Waals surface area contributed by atoms with Gasteiger partial charge >= 0.3 is 0 Å². The third-order valence-electron chi connectivity index (χ3n) is 5.88. The molecule has 1 heterocycles. The van der Waals surface area contributed by atoms with Crippen LogP contribution < -0.4 is 10.1 Å². The first-order valence-corrected chi connectivity index (χ1v) is 10.5. The van der Waals surface area contributed by atoms with Gasteiger partial charge in [-0.05, 0) is 74.4 Å². The van der Waals surface area contributed by atoms with Crippen LogP contribution in [-0.4, -0.2) is 35.9 Å². The van der Waals surface area contributed by atoms with Crippen molar-refractivity contribution >= 4 is 17.5 Å². The van der Waals surface area contributed by atoms with E-state index in [-0.39, 0.29) is 17.7 Å². The summed E-state index contributed by atoms with van der Waals surface area (Å²) >= 11 is 0. The largest absolute Gasteiger partial charge is 0.481 e. The standard InChI is InChI=1S/C24H28N2O3/c1-17(29-22-13-12-18-7-5-8-19(18)15-22)24(28)26-14-6-9-20(16-26)23(27)25-21-10-3-2-4-11-21/h2-4,10-13,15,17,20H,5-9,14,16H2,1H3,(H,25,27)/t17-,20-/m1/s1. The fourth-order valence-corrected chi connectivity index (χ4v) is 4.29. The lowest BCUT2D eigenvalue weighted by Gasteiger charge is -2.33. The van der Waals surface area contributed by atoms with Crippen molar-refractivity contribution in [2.45, 2.75) is 45.1 Å². The zero-order chi connectivity index (χ0) is 20.2. The Morgan fingerprint density at radius 2 is 1.86 bits per heavy atom. The summed E-state index contributed by atoms with van der Waals surface area (Å²) in [4.78, 5) is 27.3. The maximum atomic E-state index is 12.9. The summed E-state index contributed by atoms with van der Waals surface area (Å²) < 4.78 is 5.95. The highest BCUT2D eigenvalue weighted by molar-refractivity contribution is 5.93. The number of para-hydroxylation sites is 1. The summed E-state index contributed by atoms with van der Waals surface area (Å²) in [5, 5.41) is 2.96. The molecule has 1 N–H and O–H groups in total. The molecule has 29 heavy (non-hydrogen) atoms. The molecule has 1 aliphatic heterocycles. The molecule has 2 aromatic carbocycles. The number of anilines is 1. The number of carbonyl (C=O) groups excluding carboxylic acids is 2. The number of hydrogen-bond acceptors (Lipinski definition) is 3. The number of fused-ring (bicyclic) bond motifs is 1. The molecule has 0 spiro atoms. The molecule has 152 valence electrons. The average molecular weight is 392 g/mol. The van der Waals surface area contributed by atoms with Crippen LogP contribution in [0.4, 0.5) is 5.69 Å². The number of likely N-dealkylation sites (tertiary alicyclic amines) is 1. The maximum Gasteiger partial charge on any atom is 0.263 e. The molecule has 2 aromatic rings. The summed E-state index contributed by atoms with van der Waals surface area (Å²) in [6, 6.07) is 15.6. The number of hydrogen-bond donors (Lipinski definition) is 1. The Hall–Kier alpha value is -2.82. The van der Waals surface area contributed by atoms with Crippen LogP contribution in [0.2, 0.25) is 0 Å². The van der Waals surface area contributed by atoms with Gasteiger partial charge in [0.05, 0.1) is 5.92 Å². The second kappa shape index (κ2) is 8.68. The first-order valence-electron chi connectivity index (χ1n) is 10.5. The van der Waals surface area contributed by atoms with E-state index >= 15 is 0 Å². The van der Waals surface area contributed by atoms with Gasteiger partial charge in [0.1, 0.15) is 5.75 Å². The minimum Gasteiger partial charge on any atom is -0.481 e. The Kier molecular flexibility index (Phi) is 5.84. The van der Waals surface area contributed by atoms with E-state index in [9.17, 15) is 9.59 Å². The first-order chi connectivity index (χ1) is 14.1. The van der Waals surface area contributed by atoms with Gasteiger partial charge in [-0.1, -0.05) is 24.3 Å². The molecular formula is C24H28N2O3. The van der Waals surface area contributed by atoms with Crippen LogP contribution in [-0.2, 0) is 22.4 Å². The van der Waals surface area contributed by atoms with E-state index in [0.29, 0.717) is 13.1 Å². The predicted molar refractivity (Wildman–Crippen MR) is 113 cm³/mol. The number of benzene rings is 2. The highest BCUT2D eigenvalue weighted by Crippen LogP contribution is 2.27. The highest BCUT2D eigenvalue weighted by atomic mass is 16.5. The molecular weight excluding hydrogens is 364 g/mol. The van der Waals surface area contributed by atoms with Gasteiger partial charge < -0.3 is 15.0 Å². The minimum absolute atomic E-state index is 0.0270. The number of amides is 2. The van der Waals surface area contributed by atoms with Gasteiger partial charge in [-0.15, -0.1) is 0 Å². The van der Waals surface area contributed by atoms with E-state index in [1.807, 2.05) is 36.4 Å². The van der Waals surface area contributed by atoms with Crippen molar-refractivity contribution in [3.63, 3.8) is 0 Å². The number of ether oxygens (including phenoxy) is 1. The van der Waals surface area contributed by atoms with Crippen LogP contribution >= 0.6 is 0 Å². The molecule has 5 heteroatoms. The third kappa shape index (κ3) is 4.61. The van der Waals surface area contributed by atoms with Crippen LogP contribution in [0.3, 0.4) is 0 Å². The summed E-state index contributed by atoms with van der Waals surface area (Å²) in [6.07, 6.45) is 4.45. The quantitative estimate of drug-likeness (QED) is 0.842. The Morgan fingerprint density at radius 1 is 1.07 bits per heavy atom. The third-order valence-corrected chi connectivity index (χ3v) is 5.88. The molecule has 0 bridgehead atoms. The van der Waals surface area contributed by atoms with Crippen molar-refractivity contribution in [3.8, 4) is 5.75 Å². The molecule has 0 unspecified atom stereocenters. The fourth-order valence-electron chi connectivity index (χ4n) is 4.29. The monoisotopic (exact) mass is 392 g/mol. The molecule has 5 nitrogen and oxygen atoms in total. The number of piperidine rings is 1. The Balaban J connectivity index is 1.34. The lowest BCUT2D eigenvalue weighted by atomic mass is 9.96. The summed E-state index contributed by atoms with van der Waals surface area (Å²) in [7, 11) is 0. The Morgan fingerprint density at radius 3 is 2.69 bits per heavy atom. The summed E-state index contributed by atoms with van der Waals surface area (Å²) in [5.74, 6) is 0.477. The van der Waals surface area contributed by atoms with Crippen molar-refractivity contribution in [2.24, 2.45) is 5.92 Å². The molecule has 0 aromatic heterocycles. The second-order valence-corrected chi connectivity index (χ2v) is 8.02. The number of carbonyl (C=O) groups is 2. The topological polar surface area (TPSA) is 58.6 Å². The van der Waals surface area contributed by atoms with Gasteiger partial charge in [0.15, 0.2) is 6.10 Å². The van der Waals surface area contributed by atoms with Gasteiger partial charge in [-0.3, -0.25) is 9.59 Å². The predicted octanol–water partition coefficient (Wildman–Crippen LogP) is 3.82. The number of rotatable bonds is 5. The van der Waals surface area contributed by atoms with E-state index in [0.717, 1.165) is 37.1 Å². The van der Waals surface area contributed by atoms with Crippen molar-refractivity contribution in [2.75, 3.05) is 18.4 Å². The molecule has 0 radical (unpaired) electrons. The van der Waals surface area contributed by atoms with E-state index in [1.54, 1.807) is 11.8 Å². The molecule has 2 aliphatic rings. The summed E-state index contributed by atoms with van der Waals surface area (Å²) in [6.45, 7) is 2.91. The van der Waals surface area contributed by atoms with Crippen molar-refractivity contribution in [3.05, 3.63) is 59.7 Å². The Labute approximate surface area is 172 Å². The fraction of sp³-hybridized carbons (Fsp3) is 0.417. The molecule has 1 fully saturated rings. The number of nitrogens with zero attached hydrogens (tertiary/aromatic N) is 1. The first kappa shape index (κ1) is 19.5. The van der Waals surface area contributed by atoms with Gasteiger partial charge in [0.2, 0.25) is 5.91 Å². The molecule has 2 atom stereocenters. The zero-order valence-electron chi connectivity index (χ0n) is 16.9.